The molecule has 27 heavy (non-hydrogen) atoms. The van der Waals surface area contributed by atoms with Crippen LogP contribution in [0.1, 0.15) is 41.9 Å². The highest BCUT2D eigenvalue weighted by atomic mass is 35.5. The van der Waals surface area contributed by atoms with Crippen LogP contribution in [0.15, 0.2) is 30.3 Å². The number of rotatable bonds is 6. The summed E-state index contributed by atoms with van der Waals surface area (Å²) in [5.74, 6) is -0.739. The molecule has 0 aliphatic heterocycles. The normalized spacial score (nSPS) is 20.2. The number of halogens is 2. The van der Waals surface area contributed by atoms with E-state index in [1.165, 1.54) is 11.3 Å². The van der Waals surface area contributed by atoms with Crippen molar-refractivity contribution in [2.45, 2.75) is 37.9 Å². The predicted molar refractivity (Wildman–Crippen MR) is 111 cm³/mol. The first-order chi connectivity index (χ1) is 12.7. The van der Waals surface area contributed by atoms with Gasteiger partial charge in [-0.3, -0.25) is 4.79 Å². The first-order valence-corrected chi connectivity index (χ1v) is 10.3. The van der Waals surface area contributed by atoms with Gasteiger partial charge in [-0.05, 0) is 32.3 Å². The molecule has 1 heterocycles. The van der Waals surface area contributed by atoms with Crippen molar-refractivity contribution in [2.24, 2.45) is 5.41 Å². The molecule has 1 unspecified atom stereocenters. The van der Waals surface area contributed by atoms with E-state index < -0.39 is 15.7 Å². The lowest BCUT2D eigenvalue weighted by Crippen LogP contribution is -2.26. The van der Waals surface area contributed by atoms with Crippen LogP contribution in [0, 0.1) is 12.3 Å². The second kappa shape index (κ2) is 7.46. The number of carbonyl (C=O) groups is 2. The number of esters is 1. The van der Waals surface area contributed by atoms with Gasteiger partial charge in [0, 0.05) is 10.4 Å². The van der Waals surface area contributed by atoms with Crippen molar-refractivity contribution in [3.8, 4) is 11.1 Å². The van der Waals surface area contributed by atoms with Crippen LogP contribution in [0.5, 0.6) is 0 Å². The molecular weight excluding hydrogens is 405 g/mol. The third-order valence-electron chi connectivity index (χ3n) is 4.77. The van der Waals surface area contributed by atoms with E-state index in [-0.39, 0.29) is 5.91 Å². The second-order valence-corrected chi connectivity index (χ2v) is 9.62. The van der Waals surface area contributed by atoms with Crippen molar-refractivity contribution in [1.29, 1.82) is 0 Å². The SMILES string of the molecule is CCCOC(=O)c1c(NC(=O)C2(C)CC2(Cl)Cl)sc(C)c1-c1ccccc1. The Kier molecular flexibility index (Phi) is 5.57. The molecule has 0 spiro atoms. The maximum absolute atomic E-state index is 12.8. The summed E-state index contributed by atoms with van der Waals surface area (Å²) >= 11 is 13.6. The van der Waals surface area contributed by atoms with Crippen molar-refractivity contribution in [3.05, 3.63) is 40.8 Å². The molecule has 1 aliphatic carbocycles. The number of carbonyl (C=O) groups excluding carboxylic acids is 2. The highest BCUT2D eigenvalue weighted by Crippen LogP contribution is 2.64. The van der Waals surface area contributed by atoms with Gasteiger partial charge in [0.05, 0.1) is 12.0 Å². The minimum atomic E-state index is -1.07. The first kappa shape index (κ1) is 20.2. The average Bonchev–Trinajstić information content (AvgIpc) is 2.99. The highest BCUT2D eigenvalue weighted by Gasteiger charge is 2.68. The van der Waals surface area contributed by atoms with Gasteiger partial charge in [-0.15, -0.1) is 34.5 Å². The molecule has 1 aromatic heterocycles. The van der Waals surface area contributed by atoms with E-state index in [9.17, 15) is 9.59 Å². The van der Waals surface area contributed by atoms with Gasteiger partial charge in [0.1, 0.15) is 14.9 Å². The molecule has 0 bridgehead atoms. The molecule has 1 amide bonds. The lowest BCUT2D eigenvalue weighted by Gasteiger charge is -2.13. The van der Waals surface area contributed by atoms with E-state index in [2.05, 4.69) is 5.32 Å². The number of hydrogen-bond donors (Lipinski definition) is 1. The van der Waals surface area contributed by atoms with E-state index in [1.807, 2.05) is 44.2 Å². The van der Waals surface area contributed by atoms with Crippen molar-refractivity contribution in [1.82, 2.24) is 0 Å². The Labute approximate surface area is 172 Å². The minimum Gasteiger partial charge on any atom is -0.462 e. The van der Waals surface area contributed by atoms with Crippen molar-refractivity contribution < 1.29 is 14.3 Å². The third kappa shape index (κ3) is 3.73. The fourth-order valence-corrected chi connectivity index (χ4v) is 4.70. The van der Waals surface area contributed by atoms with Gasteiger partial charge in [0.2, 0.25) is 5.91 Å². The topological polar surface area (TPSA) is 55.4 Å². The second-order valence-electron chi connectivity index (χ2n) is 6.91. The molecule has 144 valence electrons. The molecule has 0 radical (unpaired) electrons. The Balaban J connectivity index is 2.01. The van der Waals surface area contributed by atoms with Crippen LogP contribution in [0.4, 0.5) is 5.00 Å². The molecule has 1 saturated carbocycles. The predicted octanol–water partition coefficient (Wildman–Crippen LogP) is 5.81. The molecule has 1 N–H and O–H groups in total. The zero-order valence-electron chi connectivity index (χ0n) is 15.4. The van der Waals surface area contributed by atoms with Crippen molar-refractivity contribution in [2.75, 3.05) is 11.9 Å². The number of hydrogen-bond acceptors (Lipinski definition) is 4. The number of ether oxygens (including phenoxy) is 1. The van der Waals surface area contributed by atoms with Crippen LogP contribution in [0.3, 0.4) is 0 Å². The highest BCUT2D eigenvalue weighted by molar-refractivity contribution is 7.17. The van der Waals surface area contributed by atoms with Gasteiger partial charge in [0.25, 0.3) is 0 Å². The van der Waals surface area contributed by atoms with Crippen LogP contribution < -0.4 is 5.32 Å². The molecule has 1 aliphatic rings. The van der Waals surface area contributed by atoms with Crippen LogP contribution in [-0.4, -0.2) is 22.8 Å². The Bertz CT molecular complexity index is 879. The summed E-state index contributed by atoms with van der Waals surface area (Å²) in [7, 11) is 0. The molecule has 0 saturated heterocycles. The summed E-state index contributed by atoms with van der Waals surface area (Å²) < 4.78 is 4.31. The van der Waals surface area contributed by atoms with E-state index in [0.717, 1.165) is 22.4 Å². The number of nitrogens with one attached hydrogen (secondary N) is 1. The molecule has 1 fully saturated rings. The molecule has 7 heteroatoms. The van der Waals surface area contributed by atoms with E-state index >= 15 is 0 Å². The lowest BCUT2D eigenvalue weighted by atomic mass is 10.0. The first-order valence-electron chi connectivity index (χ1n) is 8.76. The van der Waals surface area contributed by atoms with Crippen molar-refractivity contribution in [3.63, 3.8) is 0 Å². The zero-order chi connectivity index (χ0) is 19.8. The number of amides is 1. The number of thiophene rings is 1. The van der Waals surface area contributed by atoms with Gasteiger partial charge < -0.3 is 10.1 Å². The molecule has 1 aromatic carbocycles. The average molecular weight is 426 g/mol. The largest absolute Gasteiger partial charge is 0.462 e. The fraction of sp³-hybridized carbons (Fsp3) is 0.400. The lowest BCUT2D eigenvalue weighted by molar-refractivity contribution is -0.120. The summed E-state index contributed by atoms with van der Waals surface area (Å²) in [5, 5.41) is 3.33. The number of anilines is 1. The maximum atomic E-state index is 12.8. The summed E-state index contributed by atoms with van der Waals surface area (Å²) in [6.07, 6.45) is 1.09. The zero-order valence-corrected chi connectivity index (χ0v) is 17.7. The Morgan fingerprint density at radius 1 is 1.26 bits per heavy atom. The summed E-state index contributed by atoms with van der Waals surface area (Å²) in [6, 6.07) is 9.60. The maximum Gasteiger partial charge on any atom is 0.341 e. The van der Waals surface area contributed by atoms with Crippen LogP contribution in [0.2, 0.25) is 0 Å². The number of benzene rings is 1. The molecule has 2 aromatic rings. The van der Waals surface area contributed by atoms with Crippen LogP contribution in [-0.2, 0) is 9.53 Å². The molecule has 1 atom stereocenters. The third-order valence-corrected chi connectivity index (χ3v) is 6.90. The monoisotopic (exact) mass is 425 g/mol. The number of alkyl halides is 2. The van der Waals surface area contributed by atoms with Gasteiger partial charge in [-0.25, -0.2) is 4.79 Å². The Morgan fingerprint density at radius 2 is 1.89 bits per heavy atom. The molecular formula is C20H21Cl2NO3S. The van der Waals surface area contributed by atoms with E-state index in [0.29, 0.717) is 23.6 Å². The van der Waals surface area contributed by atoms with Gasteiger partial charge in [-0.1, -0.05) is 37.3 Å². The molecule has 3 rings (SSSR count). The van der Waals surface area contributed by atoms with Gasteiger partial charge in [-0.2, -0.15) is 0 Å². The molecule has 4 nitrogen and oxygen atoms in total. The van der Waals surface area contributed by atoms with Crippen LogP contribution in [0.25, 0.3) is 11.1 Å². The van der Waals surface area contributed by atoms with E-state index in [4.69, 9.17) is 27.9 Å². The fourth-order valence-electron chi connectivity index (χ4n) is 2.93. The van der Waals surface area contributed by atoms with Gasteiger partial charge in [0.15, 0.2) is 0 Å². The standard InChI is InChI=1S/C20H21Cl2NO3S/c1-4-10-26-17(24)15-14(13-8-6-5-7-9-13)12(2)27-16(15)23-18(25)19(3)11-20(19,21)22/h5-9H,4,10-11H2,1-3H3,(H,23,25). The van der Waals surface area contributed by atoms with E-state index in [1.54, 1.807) is 6.92 Å². The summed E-state index contributed by atoms with van der Waals surface area (Å²) in [5.41, 5.74) is 1.19. The summed E-state index contributed by atoms with van der Waals surface area (Å²) in [6.45, 7) is 5.89. The minimum absolute atomic E-state index is 0.294. The number of aryl methyl sites for hydroxylation is 1. The smallest absolute Gasteiger partial charge is 0.341 e. The van der Waals surface area contributed by atoms with Crippen molar-refractivity contribution >= 4 is 51.4 Å². The van der Waals surface area contributed by atoms with Gasteiger partial charge >= 0.3 is 5.97 Å². The van der Waals surface area contributed by atoms with Crippen LogP contribution >= 0.6 is 34.5 Å². The summed E-state index contributed by atoms with van der Waals surface area (Å²) in [4.78, 5) is 26.4. The Hall–Kier alpha value is -1.56. The quantitative estimate of drug-likeness (QED) is 0.468. The Morgan fingerprint density at radius 3 is 2.44 bits per heavy atom.